The van der Waals surface area contributed by atoms with Crippen LogP contribution in [0.1, 0.15) is 5.69 Å². The number of nitrogens with zero attached hydrogens (tertiary/aromatic N) is 2. The molecular weight excluding hydrogens is 114 g/mol. The van der Waals surface area contributed by atoms with Crippen molar-refractivity contribution in [1.29, 1.82) is 0 Å². The van der Waals surface area contributed by atoms with Gasteiger partial charge in [-0.25, -0.2) is 4.98 Å². The average Bonchev–Trinajstić information content (AvgIpc) is 2.22. The number of hydrogen-bond donors (Lipinski definition) is 1. The van der Waals surface area contributed by atoms with E-state index in [1.54, 1.807) is 0 Å². The van der Waals surface area contributed by atoms with Gasteiger partial charge in [0.05, 0.1) is 6.33 Å². The van der Waals surface area contributed by atoms with E-state index in [9.17, 15) is 0 Å². The molecule has 0 spiro atoms. The standard InChI is InChI=1S/C6H9N3/c7-5-1-6-2-8-4-9(6)3-5/h2,4-5H,1,3,7H2. The fourth-order valence-corrected chi connectivity index (χ4v) is 1.27. The van der Waals surface area contributed by atoms with Crippen LogP contribution in [0.2, 0.25) is 0 Å². The minimum Gasteiger partial charge on any atom is -0.333 e. The zero-order chi connectivity index (χ0) is 6.27. The summed E-state index contributed by atoms with van der Waals surface area (Å²) in [7, 11) is 0. The summed E-state index contributed by atoms with van der Waals surface area (Å²) in [5.41, 5.74) is 6.95. The van der Waals surface area contributed by atoms with Crippen LogP contribution < -0.4 is 5.73 Å². The third-order valence-electron chi connectivity index (χ3n) is 1.70. The summed E-state index contributed by atoms with van der Waals surface area (Å²) in [6.07, 6.45) is 4.70. The molecule has 0 bridgehead atoms. The van der Waals surface area contributed by atoms with Gasteiger partial charge in [0.2, 0.25) is 0 Å². The van der Waals surface area contributed by atoms with Gasteiger partial charge < -0.3 is 10.3 Å². The molecule has 1 aliphatic heterocycles. The van der Waals surface area contributed by atoms with Gasteiger partial charge in [0.15, 0.2) is 0 Å². The summed E-state index contributed by atoms with van der Waals surface area (Å²) in [5, 5.41) is 0. The van der Waals surface area contributed by atoms with E-state index in [1.807, 2.05) is 12.5 Å². The molecule has 2 N–H and O–H groups in total. The average molecular weight is 123 g/mol. The van der Waals surface area contributed by atoms with Crippen LogP contribution in [0.5, 0.6) is 0 Å². The predicted octanol–water partition coefficient (Wildman–Crippen LogP) is -0.234. The van der Waals surface area contributed by atoms with Gasteiger partial charge in [0.1, 0.15) is 0 Å². The number of fused-ring (bicyclic) bond motifs is 1. The van der Waals surface area contributed by atoms with Crippen LogP contribution in [-0.2, 0) is 13.0 Å². The second kappa shape index (κ2) is 1.57. The molecule has 0 fully saturated rings. The van der Waals surface area contributed by atoms with Crippen LogP contribution in [0.3, 0.4) is 0 Å². The second-order valence-corrected chi connectivity index (χ2v) is 2.50. The first-order valence-electron chi connectivity index (χ1n) is 3.11. The molecule has 1 aromatic rings. The van der Waals surface area contributed by atoms with Gasteiger partial charge in [-0.2, -0.15) is 0 Å². The summed E-state index contributed by atoms with van der Waals surface area (Å²) < 4.78 is 2.10. The molecule has 0 amide bonds. The van der Waals surface area contributed by atoms with Crippen LogP contribution >= 0.6 is 0 Å². The van der Waals surface area contributed by atoms with Gasteiger partial charge in [-0.05, 0) is 0 Å². The molecule has 0 radical (unpaired) electrons. The van der Waals surface area contributed by atoms with Crippen LogP contribution in [0, 0.1) is 0 Å². The van der Waals surface area contributed by atoms with Crippen molar-refractivity contribution < 1.29 is 0 Å². The molecule has 2 heterocycles. The van der Waals surface area contributed by atoms with Crippen molar-refractivity contribution in [2.75, 3.05) is 0 Å². The molecule has 0 saturated heterocycles. The number of hydrogen-bond acceptors (Lipinski definition) is 2. The van der Waals surface area contributed by atoms with E-state index in [0.29, 0.717) is 6.04 Å². The normalized spacial score (nSPS) is 24.3. The smallest absolute Gasteiger partial charge is 0.0948 e. The lowest BCUT2D eigenvalue weighted by atomic mass is 10.2. The number of aromatic nitrogens is 2. The quantitative estimate of drug-likeness (QED) is 0.517. The van der Waals surface area contributed by atoms with Crippen LogP contribution in [0.4, 0.5) is 0 Å². The molecule has 1 aliphatic rings. The molecule has 0 aromatic carbocycles. The van der Waals surface area contributed by atoms with Gasteiger partial charge in [-0.3, -0.25) is 0 Å². The van der Waals surface area contributed by atoms with Crippen molar-refractivity contribution in [3.05, 3.63) is 18.2 Å². The van der Waals surface area contributed by atoms with Crippen molar-refractivity contribution in [3.63, 3.8) is 0 Å². The Morgan fingerprint density at radius 1 is 1.78 bits per heavy atom. The van der Waals surface area contributed by atoms with E-state index in [1.165, 1.54) is 5.69 Å². The molecule has 9 heavy (non-hydrogen) atoms. The number of nitrogens with two attached hydrogens (primary N) is 1. The van der Waals surface area contributed by atoms with Gasteiger partial charge in [0, 0.05) is 30.9 Å². The predicted molar refractivity (Wildman–Crippen MR) is 33.9 cm³/mol. The lowest BCUT2D eigenvalue weighted by Crippen LogP contribution is -2.20. The largest absolute Gasteiger partial charge is 0.333 e. The Labute approximate surface area is 53.5 Å². The topological polar surface area (TPSA) is 43.8 Å². The first kappa shape index (κ1) is 4.99. The fraction of sp³-hybridized carbons (Fsp3) is 0.500. The molecule has 3 heteroatoms. The van der Waals surface area contributed by atoms with Crippen LogP contribution in [-0.4, -0.2) is 15.6 Å². The van der Waals surface area contributed by atoms with Crippen molar-refractivity contribution in [2.45, 2.75) is 19.0 Å². The Kier molecular flexibility index (Phi) is 0.873. The van der Waals surface area contributed by atoms with Gasteiger partial charge in [-0.1, -0.05) is 0 Å². The highest BCUT2D eigenvalue weighted by atomic mass is 15.1. The van der Waals surface area contributed by atoms with Gasteiger partial charge in [-0.15, -0.1) is 0 Å². The van der Waals surface area contributed by atoms with Crippen molar-refractivity contribution in [2.24, 2.45) is 5.73 Å². The second-order valence-electron chi connectivity index (χ2n) is 2.50. The van der Waals surface area contributed by atoms with E-state index in [4.69, 9.17) is 5.73 Å². The minimum atomic E-state index is 0.322. The van der Waals surface area contributed by atoms with Gasteiger partial charge >= 0.3 is 0 Å². The maximum absolute atomic E-state index is 5.68. The number of rotatable bonds is 0. The zero-order valence-electron chi connectivity index (χ0n) is 5.12. The van der Waals surface area contributed by atoms with Crippen LogP contribution in [0.15, 0.2) is 12.5 Å². The van der Waals surface area contributed by atoms with E-state index in [2.05, 4.69) is 9.55 Å². The molecule has 1 aromatic heterocycles. The molecular formula is C6H9N3. The van der Waals surface area contributed by atoms with Crippen molar-refractivity contribution >= 4 is 0 Å². The van der Waals surface area contributed by atoms with E-state index < -0.39 is 0 Å². The summed E-state index contributed by atoms with van der Waals surface area (Å²) in [6, 6.07) is 0.322. The SMILES string of the molecule is NC1Cc2cncn2C1. The fourth-order valence-electron chi connectivity index (χ4n) is 1.27. The third kappa shape index (κ3) is 0.650. The van der Waals surface area contributed by atoms with Crippen molar-refractivity contribution in [3.8, 4) is 0 Å². The lowest BCUT2D eigenvalue weighted by molar-refractivity contribution is 0.636. The van der Waals surface area contributed by atoms with E-state index in [0.717, 1.165) is 13.0 Å². The summed E-state index contributed by atoms with van der Waals surface area (Å²) in [4.78, 5) is 3.99. The van der Waals surface area contributed by atoms with Crippen molar-refractivity contribution in [1.82, 2.24) is 9.55 Å². The molecule has 1 unspecified atom stereocenters. The molecule has 48 valence electrons. The first-order chi connectivity index (χ1) is 4.36. The summed E-state index contributed by atoms with van der Waals surface area (Å²) >= 11 is 0. The Bertz CT molecular complexity index is 195. The van der Waals surface area contributed by atoms with E-state index >= 15 is 0 Å². The Morgan fingerprint density at radius 3 is 3.44 bits per heavy atom. The molecule has 0 aliphatic carbocycles. The highest BCUT2D eigenvalue weighted by molar-refractivity contribution is 5.06. The molecule has 1 atom stereocenters. The van der Waals surface area contributed by atoms with Gasteiger partial charge in [0.25, 0.3) is 0 Å². The molecule has 3 nitrogen and oxygen atoms in total. The zero-order valence-corrected chi connectivity index (χ0v) is 5.12. The van der Waals surface area contributed by atoms with E-state index in [-0.39, 0.29) is 0 Å². The Balaban J connectivity index is 2.39. The highest BCUT2D eigenvalue weighted by Gasteiger charge is 2.16. The molecule has 2 rings (SSSR count). The Hall–Kier alpha value is -0.830. The van der Waals surface area contributed by atoms with Crippen LogP contribution in [0.25, 0.3) is 0 Å². The highest BCUT2D eigenvalue weighted by Crippen LogP contribution is 2.10. The third-order valence-corrected chi connectivity index (χ3v) is 1.70. The summed E-state index contributed by atoms with van der Waals surface area (Å²) in [6.45, 7) is 0.940. The number of imidazole rings is 1. The minimum absolute atomic E-state index is 0.322. The maximum atomic E-state index is 5.68. The lowest BCUT2D eigenvalue weighted by Gasteiger charge is -1.96. The summed E-state index contributed by atoms with van der Waals surface area (Å²) in [5.74, 6) is 0. The maximum Gasteiger partial charge on any atom is 0.0948 e. The molecule has 0 saturated carbocycles. The first-order valence-corrected chi connectivity index (χ1v) is 3.11. The Morgan fingerprint density at radius 2 is 2.67 bits per heavy atom. The monoisotopic (exact) mass is 123 g/mol.